The van der Waals surface area contributed by atoms with E-state index in [0.717, 1.165) is 0 Å². The van der Waals surface area contributed by atoms with Crippen LogP contribution in [0.15, 0.2) is 18.7 Å². The third-order valence-corrected chi connectivity index (χ3v) is 2.84. The Balaban J connectivity index is 0.000000621. The van der Waals surface area contributed by atoms with E-state index < -0.39 is 7.25 Å². The number of halogens is 4. The van der Waals surface area contributed by atoms with Gasteiger partial charge in [0.05, 0.1) is 13.6 Å². The van der Waals surface area contributed by atoms with Crippen LogP contribution in [0.25, 0.3) is 0 Å². The smallest absolute Gasteiger partial charge is 0.418 e. The van der Waals surface area contributed by atoms with Crippen molar-refractivity contribution in [3.8, 4) is 0 Å². The number of aryl methyl sites for hydroxylation is 2. The molecule has 2 nitrogen and oxygen atoms in total. The molecule has 0 saturated heterocycles. The molecule has 0 radical (unpaired) electrons. The third kappa shape index (κ3) is 15.1. The van der Waals surface area contributed by atoms with E-state index in [1.165, 1.54) is 51.5 Å². The number of imidazole rings is 1. The van der Waals surface area contributed by atoms with Crippen molar-refractivity contribution in [3.63, 3.8) is 0 Å². The van der Waals surface area contributed by atoms with Crippen LogP contribution in [0.2, 0.25) is 0 Å². The number of hydrogen-bond acceptors (Lipinski definition) is 0. The van der Waals surface area contributed by atoms with Gasteiger partial charge < -0.3 is 17.3 Å². The minimum absolute atomic E-state index is 1.18. The first kappa shape index (κ1) is 19.0. The monoisotopic (exact) mass is 296 g/mol. The average Bonchev–Trinajstić information content (AvgIpc) is 2.72. The zero-order valence-corrected chi connectivity index (χ0v) is 12.4. The highest BCUT2D eigenvalue weighted by Gasteiger charge is 2.20. The molecule has 20 heavy (non-hydrogen) atoms. The molecule has 1 heterocycles. The van der Waals surface area contributed by atoms with E-state index in [4.69, 9.17) is 0 Å². The van der Waals surface area contributed by atoms with E-state index in [2.05, 4.69) is 41.8 Å². The van der Waals surface area contributed by atoms with Crippen LogP contribution in [-0.4, -0.2) is 11.8 Å². The Hall–Kier alpha value is -1.01. The van der Waals surface area contributed by atoms with E-state index in [1.807, 2.05) is 0 Å². The van der Waals surface area contributed by atoms with Gasteiger partial charge in [-0.05, 0) is 12.8 Å². The van der Waals surface area contributed by atoms with Crippen LogP contribution in [0, 0.1) is 0 Å². The van der Waals surface area contributed by atoms with Gasteiger partial charge in [0.25, 0.3) is 0 Å². The van der Waals surface area contributed by atoms with E-state index in [9.17, 15) is 17.3 Å². The fraction of sp³-hybridized carbons (Fsp3) is 0.769. The van der Waals surface area contributed by atoms with E-state index in [0.29, 0.717) is 0 Å². The van der Waals surface area contributed by atoms with Gasteiger partial charge in [-0.15, -0.1) is 0 Å². The van der Waals surface area contributed by atoms with E-state index in [-0.39, 0.29) is 0 Å². The molecule has 1 aromatic heterocycles. The lowest BCUT2D eigenvalue weighted by Gasteiger charge is -1.99. The molecule has 0 amide bonds. The summed E-state index contributed by atoms with van der Waals surface area (Å²) in [6.45, 7) is 3.45. The minimum Gasteiger partial charge on any atom is -0.418 e. The van der Waals surface area contributed by atoms with Crippen LogP contribution in [-0.2, 0) is 13.6 Å². The van der Waals surface area contributed by atoms with Gasteiger partial charge in [-0.2, -0.15) is 0 Å². The van der Waals surface area contributed by atoms with Crippen LogP contribution >= 0.6 is 0 Å². The molecule has 0 bridgehead atoms. The van der Waals surface area contributed by atoms with Crippen molar-refractivity contribution in [3.05, 3.63) is 18.7 Å². The fourth-order valence-electron chi connectivity index (χ4n) is 1.89. The second-order valence-corrected chi connectivity index (χ2v) is 4.93. The topological polar surface area (TPSA) is 8.81 Å². The Morgan fingerprint density at radius 2 is 1.45 bits per heavy atom. The molecule has 0 aliphatic rings. The molecule has 0 spiro atoms. The highest BCUT2D eigenvalue weighted by atomic mass is 19.5. The Kier molecular flexibility index (Phi) is 10.2. The predicted molar refractivity (Wildman–Crippen MR) is 73.8 cm³/mol. The van der Waals surface area contributed by atoms with Crippen LogP contribution in [0.4, 0.5) is 17.3 Å². The molecule has 0 aromatic carbocycles. The Labute approximate surface area is 118 Å². The molecular weight excluding hydrogens is 271 g/mol. The minimum atomic E-state index is -6.00. The zero-order valence-electron chi connectivity index (χ0n) is 12.4. The van der Waals surface area contributed by atoms with Gasteiger partial charge in [0.1, 0.15) is 12.4 Å². The van der Waals surface area contributed by atoms with Crippen molar-refractivity contribution in [2.45, 2.75) is 58.4 Å². The molecule has 0 aliphatic heterocycles. The molecule has 0 atom stereocenters. The van der Waals surface area contributed by atoms with Crippen molar-refractivity contribution in [2.24, 2.45) is 7.05 Å². The summed E-state index contributed by atoms with van der Waals surface area (Å²) < 4.78 is 43.4. The maximum absolute atomic E-state index is 9.75. The SMILES string of the molecule is CCCCCCCCC[n+]1ccn(C)c1.F[B-](F)(F)F. The van der Waals surface area contributed by atoms with Gasteiger partial charge in [-0.3, -0.25) is 0 Å². The van der Waals surface area contributed by atoms with Gasteiger partial charge >= 0.3 is 7.25 Å². The summed E-state index contributed by atoms with van der Waals surface area (Å²) in [6.07, 6.45) is 16.1. The number of aromatic nitrogens is 2. The molecule has 7 heteroatoms. The summed E-state index contributed by atoms with van der Waals surface area (Å²) in [5, 5.41) is 0. The highest BCUT2D eigenvalue weighted by Crippen LogP contribution is 2.07. The first-order valence-electron chi connectivity index (χ1n) is 7.21. The first-order chi connectivity index (χ1) is 9.33. The van der Waals surface area contributed by atoms with E-state index >= 15 is 0 Å². The number of unbranched alkanes of at least 4 members (excludes halogenated alkanes) is 6. The zero-order chi connectivity index (χ0) is 15.4. The molecule has 0 N–H and O–H groups in total. The Morgan fingerprint density at radius 3 is 1.90 bits per heavy atom. The van der Waals surface area contributed by atoms with Gasteiger partial charge in [0.2, 0.25) is 6.33 Å². The molecule has 0 saturated carbocycles. The standard InChI is InChI=1S/C13H25N2.BF4/c1-3-4-5-6-7-8-9-10-15-12-11-14(2)13-15;2-1(3,4)5/h11-13H,3-10H2,1-2H3;/q+1;-1. The van der Waals surface area contributed by atoms with Crippen LogP contribution in [0.1, 0.15) is 51.9 Å². The second kappa shape index (κ2) is 10.7. The van der Waals surface area contributed by atoms with E-state index in [1.54, 1.807) is 0 Å². The predicted octanol–water partition coefficient (Wildman–Crippen LogP) is 4.36. The molecule has 1 rings (SSSR count). The van der Waals surface area contributed by atoms with Gasteiger partial charge in [-0.1, -0.05) is 39.0 Å². The number of hydrogen-bond donors (Lipinski definition) is 0. The van der Waals surface area contributed by atoms with Gasteiger partial charge in [0.15, 0.2) is 0 Å². The fourth-order valence-corrected chi connectivity index (χ4v) is 1.89. The third-order valence-electron chi connectivity index (χ3n) is 2.84. The van der Waals surface area contributed by atoms with Crippen molar-refractivity contribution >= 4 is 7.25 Å². The quantitative estimate of drug-likeness (QED) is 0.292. The lowest BCUT2D eigenvalue weighted by molar-refractivity contribution is -0.696. The Morgan fingerprint density at radius 1 is 0.950 bits per heavy atom. The lowest BCUT2D eigenvalue weighted by atomic mass is 10.1. The summed E-state index contributed by atoms with van der Waals surface area (Å²) in [5.74, 6) is 0. The van der Waals surface area contributed by atoms with Crippen LogP contribution in [0.5, 0.6) is 0 Å². The maximum atomic E-state index is 9.75. The summed E-state index contributed by atoms with van der Waals surface area (Å²) >= 11 is 0. The van der Waals surface area contributed by atoms with Crippen molar-refractivity contribution < 1.29 is 21.8 Å². The second-order valence-electron chi connectivity index (χ2n) is 4.93. The lowest BCUT2D eigenvalue weighted by Crippen LogP contribution is -2.30. The number of nitrogens with zero attached hydrogens (tertiary/aromatic N) is 2. The van der Waals surface area contributed by atoms with Crippen LogP contribution < -0.4 is 4.57 Å². The largest absolute Gasteiger partial charge is 0.673 e. The van der Waals surface area contributed by atoms with Crippen molar-refractivity contribution in [1.82, 2.24) is 4.57 Å². The van der Waals surface area contributed by atoms with Gasteiger partial charge in [-0.25, -0.2) is 9.13 Å². The molecule has 118 valence electrons. The van der Waals surface area contributed by atoms with Crippen LogP contribution in [0.3, 0.4) is 0 Å². The molecule has 1 aromatic rings. The highest BCUT2D eigenvalue weighted by molar-refractivity contribution is 6.50. The molecular formula is C13H25BF4N2. The summed E-state index contributed by atoms with van der Waals surface area (Å²) in [6, 6.07) is 0. The molecule has 0 fully saturated rings. The average molecular weight is 296 g/mol. The first-order valence-corrected chi connectivity index (χ1v) is 7.21. The molecule has 0 unspecified atom stereocenters. The maximum Gasteiger partial charge on any atom is 0.673 e. The Bertz CT molecular complexity index is 333. The normalized spacial score (nSPS) is 11.1. The van der Waals surface area contributed by atoms with Crippen molar-refractivity contribution in [1.29, 1.82) is 0 Å². The summed E-state index contributed by atoms with van der Waals surface area (Å²) in [5.41, 5.74) is 0. The molecule has 0 aliphatic carbocycles. The summed E-state index contributed by atoms with van der Waals surface area (Å²) in [7, 11) is -3.93. The number of rotatable bonds is 8. The van der Waals surface area contributed by atoms with Gasteiger partial charge in [0, 0.05) is 0 Å². The summed E-state index contributed by atoms with van der Waals surface area (Å²) in [4.78, 5) is 0. The van der Waals surface area contributed by atoms with Crippen molar-refractivity contribution in [2.75, 3.05) is 0 Å².